The van der Waals surface area contributed by atoms with Gasteiger partial charge in [-0.15, -0.1) is 5.10 Å². The summed E-state index contributed by atoms with van der Waals surface area (Å²) in [7, 11) is 1.66. The summed E-state index contributed by atoms with van der Waals surface area (Å²) in [6.45, 7) is 0.480. The second-order valence-electron chi connectivity index (χ2n) is 6.85. The van der Waals surface area contributed by atoms with Crippen LogP contribution < -0.4 is 0 Å². The summed E-state index contributed by atoms with van der Waals surface area (Å²) in [5.41, 5.74) is 1.62. The van der Waals surface area contributed by atoms with Crippen molar-refractivity contribution in [3.63, 3.8) is 0 Å². The quantitative estimate of drug-likeness (QED) is 0.784. The molecule has 6 nitrogen and oxygen atoms in total. The minimum Gasteiger partial charge on any atom is -0.378 e. The van der Waals surface area contributed by atoms with Gasteiger partial charge in [-0.25, -0.2) is 4.68 Å². The maximum Gasteiger partial charge on any atom is 0.254 e. The van der Waals surface area contributed by atoms with Gasteiger partial charge in [0, 0.05) is 29.2 Å². The van der Waals surface area contributed by atoms with E-state index < -0.39 is 0 Å². The summed E-state index contributed by atoms with van der Waals surface area (Å²) in [6.07, 6.45) is 6.00. The molecular weight excluding hydrogens is 384 g/mol. The standard InChI is InChI=1S/C18H21BrN4O2/c1-25-11-14-10-22(21-20-14)17-8-15-6-7-16(9-17)23(15)18(24)12-2-4-13(19)5-3-12/h2-5,10,15-17H,6-9,11H2,1H3. The van der Waals surface area contributed by atoms with E-state index in [-0.39, 0.29) is 18.0 Å². The highest BCUT2D eigenvalue weighted by molar-refractivity contribution is 9.10. The Hall–Kier alpha value is -1.73. The molecule has 132 valence electrons. The Morgan fingerprint density at radius 2 is 1.88 bits per heavy atom. The summed E-state index contributed by atoms with van der Waals surface area (Å²) >= 11 is 3.42. The first-order valence-electron chi connectivity index (χ1n) is 8.63. The van der Waals surface area contributed by atoms with Crippen molar-refractivity contribution in [3.05, 3.63) is 46.2 Å². The number of fused-ring (bicyclic) bond motifs is 2. The molecule has 2 fully saturated rings. The molecule has 2 aliphatic rings. The third kappa shape index (κ3) is 3.22. The zero-order valence-corrected chi connectivity index (χ0v) is 15.7. The van der Waals surface area contributed by atoms with Crippen LogP contribution in [0, 0.1) is 0 Å². The van der Waals surface area contributed by atoms with Crippen molar-refractivity contribution in [2.24, 2.45) is 0 Å². The molecule has 0 N–H and O–H groups in total. The van der Waals surface area contributed by atoms with Crippen LogP contribution in [-0.4, -0.2) is 45.0 Å². The van der Waals surface area contributed by atoms with E-state index in [0.29, 0.717) is 12.6 Å². The van der Waals surface area contributed by atoms with E-state index in [9.17, 15) is 4.79 Å². The van der Waals surface area contributed by atoms with E-state index in [4.69, 9.17) is 4.74 Å². The zero-order chi connectivity index (χ0) is 17.4. The van der Waals surface area contributed by atoms with Crippen molar-refractivity contribution >= 4 is 21.8 Å². The fourth-order valence-corrected chi connectivity index (χ4v) is 4.41. The van der Waals surface area contributed by atoms with Gasteiger partial charge in [0.05, 0.1) is 18.8 Å². The second kappa shape index (κ2) is 6.88. The van der Waals surface area contributed by atoms with Crippen LogP contribution in [0.4, 0.5) is 0 Å². The first-order valence-corrected chi connectivity index (χ1v) is 9.43. The molecule has 0 spiro atoms. The highest BCUT2D eigenvalue weighted by atomic mass is 79.9. The maximum atomic E-state index is 13.0. The normalized spacial score (nSPS) is 25.4. The van der Waals surface area contributed by atoms with Crippen LogP contribution in [0.5, 0.6) is 0 Å². The molecule has 3 heterocycles. The SMILES string of the molecule is COCc1cn(C2CC3CCC(C2)N3C(=O)c2ccc(Br)cc2)nn1. The molecule has 2 atom stereocenters. The van der Waals surface area contributed by atoms with E-state index in [2.05, 4.69) is 31.1 Å². The monoisotopic (exact) mass is 404 g/mol. The minimum absolute atomic E-state index is 0.150. The van der Waals surface area contributed by atoms with Gasteiger partial charge in [0.15, 0.2) is 0 Å². The van der Waals surface area contributed by atoms with Gasteiger partial charge in [0.25, 0.3) is 5.91 Å². The Morgan fingerprint density at radius 3 is 2.52 bits per heavy atom. The van der Waals surface area contributed by atoms with Crippen LogP contribution in [0.15, 0.2) is 34.9 Å². The minimum atomic E-state index is 0.150. The highest BCUT2D eigenvalue weighted by Crippen LogP contribution is 2.41. The number of nitrogens with zero attached hydrogens (tertiary/aromatic N) is 4. The van der Waals surface area contributed by atoms with E-state index in [1.165, 1.54) is 0 Å². The van der Waals surface area contributed by atoms with Crippen LogP contribution in [0.2, 0.25) is 0 Å². The zero-order valence-electron chi connectivity index (χ0n) is 14.1. The smallest absolute Gasteiger partial charge is 0.254 e. The Kier molecular flexibility index (Phi) is 4.60. The number of ether oxygens (including phenoxy) is 1. The molecule has 2 saturated heterocycles. The predicted molar refractivity (Wildman–Crippen MR) is 96.1 cm³/mol. The van der Waals surface area contributed by atoms with Gasteiger partial charge in [-0.05, 0) is 49.9 Å². The lowest BCUT2D eigenvalue weighted by atomic mass is 9.96. The summed E-state index contributed by atoms with van der Waals surface area (Å²) in [6, 6.07) is 8.52. The van der Waals surface area contributed by atoms with Crippen molar-refractivity contribution in [3.8, 4) is 0 Å². The van der Waals surface area contributed by atoms with Gasteiger partial charge in [0.1, 0.15) is 5.69 Å². The van der Waals surface area contributed by atoms with Gasteiger partial charge in [-0.1, -0.05) is 21.1 Å². The Bertz CT molecular complexity index is 747. The van der Waals surface area contributed by atoms with E-state index in [1.807, 2.05) is 35.1 Å². The number of carbonyl (C=O) groups excluding carboxylic acids is 1. The number of piperidine rings is 1. The van der Waals surface area contributed by atoms with Gasteiger partial charge in [-0.3, -0.25) is 4.79 Å². The van der Waals surface area contributed by atoms with Gasteiger partial charge < -0.3 is 9.64 Å². The summed E-state index contributed by atoms with van der Waals surface area (Å²) < 4.78 is 8.07. The second-order valence-corrected chi connectivity index (χ2v) is 7.77. The molecule has 0 saturated carbocycles. The van der Waals surface area contributed by atoms with Crippen molar-refractivity contribution in [2.75, 3.05) is 7.11 Å². The molecule has 1 aromatic carbocycles. The molecule has 2 bridgehead atoms. The molecule has 25 heavy (non-hydrogen) atoms. The van der Waals surface area contributed by atoms with E-state index in [0.717, 1.165) is 41.4 Å². The number of methoxy groups -OCH3 is 1. The van der Waals surface area contributed by atoms with Crippen LogP contribution in [0.1, 0.15) is 47.8 Å². The molecular formula is C18H21BrN4O2. The lowest BCUT2D eigenvalue weighted by molar-refractivity contribution is 0.0523. The summed E-state index contributed by atoms with van der Waals surface area (Å²) in [4.78, 5) is 15.1. The number of benzene rings is 1. The number of carbonyl (C=O) groups is 1. The third-order valence-electron chi connectivity index (χ3n) is 5.26. The van der Waals surface area contributed by atoms with Crippen molar-refractivity contribution in [1.82, 2.24) is 19.9 Å². The number of hydrogen-bond donors (Lipinski definition) is 0. The predicted octanol–water partition coefficient (Wildman–Crippen LogP) is 3.20. The molecule has 2 unspecified atom stereocenters. The van der Waals surface area contributed by atoms with Crippen LogP contribution in [-0.2, 0) is 11.3 Å². The molecule has 0 radical (unpaired) electrons. The molecule has 2 aliphatic heterocycles. The molecule has 4 rings (SSSR count). The number of aromatic nitrogens is 3. The first kappa shape index (κ1) is 16.7. The molecule has 2 aromatic rings. The number of rotatable bonds is 4. The van der Waals surface area contributed by atoms with Crippen molar-refractivity contribution in [2.45, 2.75) is 50.4 Å². The van der Waals surface area contributed by atoms with Crippen LogP contribution >= 0.6 is 15.9 Å². The molecule has 1 aromatic heterocycles. The highest BCUT2D eigenvalue weighted by Gasteiger charge is 2.44. The van der Waals surface area contributed by atoms with Gasteiger partial charge in [-0.2, -0.15) is 0 Å². The van der Waals surface area contributed by atoms with Crippen LogP contribution in [0.3, 0.4) is 0 Å². The number of amides is 1. The first-order chi connectivity index (χ1) is 12.2. The fourth-order valence-electron chi connectivity index (χ4n) is 4.14. The Labute approximate surface area is 155 Å². The molecule has 7 heteroatoms. The maximum absolute atomic E-state index is 13.0. The largest absolute Gasteiger partial charge is 0.378 e. The van der Waals surface area contributed by atoms with E-state index in [1.54, 1.807) is 7.11 Å². The molecule has 1 amide bonds. The lowest BCUT2D eigenvalue weighted by Crippen LogP contribution is -2.47. The summed E-state index contributed by atoms with van der Waals surface area (Å²) in [5, 5.41) is 8.44. The van der Waals surface area contributed by atoms with Gasteiger partial charge >= 0.3 is 0 Å². The topological polar surface area (TPSA) is 60.2 Å². The van der Waals surface area contributed by atoms with Crippen molar-refractivity contribution < 1.29 is 9.53 Å². The average Bonchev–Trinajstić information content (AvgIpc) is 3.18. The average molecular weight is 405 g/mol. The Balaban J connectivity index is 1.49. The van der Waals surface area contributed by atoms with Crippen molar-refractivity contribution in [1.29, 1.82) is 0 Å². The molecule has 0 aliphatic carbocycles. The van der Waals surface area contributed by atoms with Gasteiger partial charge in [0.2, 0.25) is 0 Å². The van der Waals surface area contributed by atoms with E-state index >= 15 is 0 Å². The third-order valence-corrected chi connectivity index (χ3v) is 5.79. The Morgan fingerprint density at radius 1 is 1.20 bits per heavy atom. The number of halogens is 1. The summed E-state index contributed by atoms with van der Waals surface area (Å²) in [5.74, 6) is 0.150. The fraction of sp³-hybridized carbons (Fsp3) is 0.500. The number of hydrogen-bond acceptors (Lipinski definition) is 4. The lowest BCUT2D eigenvalue weighted by Gasteiger charge is -2.39. The van der Waals surface area contributed by atoms with Crippen LogP contribution in [0.25, 0.3) is 0 Å².